The second-order valence-corrected chi connectivity index (χ2v) is 8.21. The third kappa shape index (κ3) is 5.01. The van der Waals surface area contributed by atoms with E-state index in [0.717, 1.165) is 22.8 Å². The van der Waals surface area contributed by atoms with Crippen molar-refractivity contribution in [3.05, 3.63) is 71.8 Å². The largest absolute Gasteiger partial charge is 0.492 e. The number of carbonyl (C=O) groups excluding carboxylic acids is 1. The molecule has 0 aliphatic heterocycles. The van der Waals surface area contributed by atoms with Gasteiger partial charge in [-0.25, -0.2) is 8.42 Å². The summed E-state index contributed by atoms with van der Waals surface area (Å²) in [4.78, 5) is 12.4. The predicted molar refractivity (Wildman–Crippen MR) is 111 cm³/mol. The number of anilines is 1. The fraction of sp³-hybridized carbons (Fsp3) is 0.190. The van der Waals surface area contributed by atoms with Crippen LogP contribution in [0.4, 0.5) is 5.69 Å². The van der Waals surface area contributed by atoms with Gasteiger partial charge < -0.3 is 10.1 Å². The van der Waals surface area contributed by atoms with E-state index in [1.807, 2.05) is 42.5 Å². The molecule has 2 N–H and O–H groups in total. The Bertz CT molecular complexity index is 1110. The normalized spacial score (nSPS) is 11.2. The van der Waals surface area contributed by atoms with Crippen LogP contribution in [0.3, 0.4) is 0 Å². The molecule has 0 saturated carbocycles. The zero-order valence-electron chi connectivity index (χ0n) is 15.7. The van der Waals surface area contributed by atoms with Gasteiger partial charge in [0.25, 0.3) is 5.91 Å². The Balaban J connectivity index is 1.57. The molecular formula is C21H22N2O4S. The number of rotatable bonds is 7. The lowest BCUT2D eigenvalue weighted by atomic mass is 10.1. The average molecular weight is 398 g/mol. The molecule has 0 spiro atoms. The first kappa shape index (κ1) is 19.7. The lowest BCUT2D eigenvalue weighted by Crippen LogP contribution is -2.29. The van der Waals surface area contributed by atoms with E-state index in [4.69, 9.17) is 4.74 Å². The van der Waals surface area contributed by atoms with Gasteiger partial charge in [-0.1, -0.05) is 36.4 Å². The number of carbonyl (C=O) groups is 1. The van der Waals surface area contributed by atoms with Crippen LogP contribution in [0.1, 0.15) is 15.9 Å². The summed E-state index contributed by atoms with van der Waals surface area (Å²) in [5.74, 6) is 0.459. The standard InChI is InChI=1S/C21H22N2O4S/c1-15-19(8-5-9-20(15)23-28(2,25)26)21(24)22-12-13-27-18-11-10-16-6-3-4-7-17(16)14-18/h3-11,14,23H,12-13H2,1-2H3,(H,22,24). The van der Waals surface area contributed by atoms with Crippen LogP contribution in [0.2, 0.25) is 0 Å². The van der Waals surface area contributed by atoms with Crippen molar-refractivity contribution in [2.75, 3.05) is 24.1 Å². The van der Waals surface area contributed by atoms with Gasteiger partial charge in [0.15, 0.2) is 0 Å². The Morgan fingerprint density at radius 2 is 1.75 bits per heavy atom. The number of ether oxygens (including phenoxy) is 1. The third-order valence-corrected chi connectivity index (χ3v) is 4.84. The van der Waals surface area contributed by atoms with E-state index >= 15 is 0 Å². The molecule has 3 aromatic carbocycles. The Morgan fingerprint density at radius 3 is 2.50 bits per heavy atom. The van der Waals surface area contributed by atoms with E-state index in [-0.39, 0.29) is 5.91 Å². The average Bonchev–Trinajstić information content (AvgIpc) is 2.65. The Morgan fingerprint density at radius 1 is 1.00 bits per heavy atom. The van der Waals surface area contributed by atoms with Crippen LogP contribution in [-0.2, 0) is 10.0 Å². The van der Waals surface area contributed by atoms with Crippen LogP contribution in [-0.4, -0.2) is 33.7 Å². The minimum absolute atomic E-state index is 0.281. The van der Waals surface area contributed by atoms with Crippen molar-refractivity contribution in [1.82, 2.24) is 5.32 Å². The molecule has 0 saturated heterocycles. The SMILES string of the molecule is Cc1c(NS(C)(=O)=O)cccc1C(=O)NCCOc1ccc2ccccc2c1. The molecule has 28 heavy (non-hydrogen) atoms. The van der Waals surface area contributed by atoms with E-state index in [2.05, 4.69) is 10.0 Å². The van der Waals surface area contributed by atoms with Crippen LogP contribution >= 0.6 is 0 Å². The lowest BCUT2D eigenvalue weighted by molar-refractivity contribution is 0.0946. The zero-order valence-corrected chi connectivity index (χ0v) is 16.5. The molecule has 3 rings (SSSR count). The van der Waals surface area contributed by atoms with Crippen LogP contribution in [0.5, 0.6) is 5.75 Å². The molecule has 1 amide bonds. The highest BCUT2D eigenvalue weighted by molar-refractivity contribution is 7.92. The minimum atomic E-state index is -3.41. The van der Waals surface area contributed by atoms with Gasteiger partial charge in [-0.3, -0.25) is 9.52 Å². The molecule has 0 aliphatic carbocycles. The lowest BCUT2D eigenvalue weighted by Gasteiger charge is -2.13. The number of nitrogens with one attached hydrogen (secondary N) is 2. The Labute approximate surface area is 164 Å². The Kier molecular flexibility index (Phi) is 5.84. The maximum atomic E-state index is 12.4. The maximum Gasteiger partial charge on any atom is 0.251 e. The highest BCUT2D eigenvalue weighted by Gasteiger charge is 2.13. The van der Waals surface area contributed by atoms with Crippen molar-refractivity contribution in [2.45, 2.75) is 6.92 Å². The van der Waals surface area contributed by atoms with Crippen molar-refractivity contribution in [2.24, 2.45) is 0 Å². The van der Waals surface area contributed by atoms with Crippen molar-refractivity contribution < 1.29 is 17.9 Å². The van der Waals surface area contributed by atoms with Crippen LogP contribution in [0, 0.1) is 6.92 Å². The van der Waals surface area contributed by atoms with Crippen LogP contribution in [0.15, 0.2) is 60.7 Å². The number of sulfonamides is 1. The molecular weight excluding hydrogens is 376 g/mol. The molecule has 0 unspecified atom stereocenters. The fourth-order valence-electron chi connectivity index (χ4n) is 2.88. The topological polar surface area (TPSA) is 84.5 Å². The monoisotopic (exact) mass is 398 g/mol. The molecule has 0 aromatic heterocycles. The molecule has 3 aromatic rings. The number of hydrogen-bond acceptors (Lipinski definition) is 4. The summed E-state index contributed by atoms with van der Waals surface area (Å²) in [5.41, 5.74) is 1.38. The van der Waals surface area contributed by atoms with Gasteiger partial charge in [-0.05, 0) is 47.5 Å². The molecule has 6 nitrogen and oxygen atoms in total. The van der Waals surface area contributed by atoms with Gasteiger partial charge in [-0.15, -0.1) is 0 Å². The molecule has 0 heterocycles. The summed E-state index contributed by atoms with van der Waals surface area (Å²) in [6.07, 6.45) is 1.07. The second-order valence-electron chi connectivity index (χ2n) is 6.47. The summed E-state index contributed by atoms with van der Waals surface area (Å²) in [6.45, 7) is 2.35. The summed E-state index contributed by atoms with van der Waals surface area (Å²) in [5, 5.41) is 5.03. The summed E-state index contributed by atoms with van der Waals surface area (Å²) >= 11 is 0. The van der Waals surface area contributed by atoms with Crippen molar-refractivity contribution in [3.8, 4) is 5.75 Å². The summed E-state index contributed by atoms with van der Waals surface area (Å²) in [6, 6.07) is 18.8. The molecule has 0 radical (unpaired) electrons. The zero-order chi connectivity index (χ0) is 20.1. The van der Waals surface area contributed by atoms with Crippen LogP contribution in [0.25, 0.3) is 10.8 Å². The van der Waals surface area contributed by atoms with Gasteiger partial charge in [0, 0.05) is 5.56 Å². The summed E-state index contributed by atoms with van der Waals surface area (Å²) in [7, 11) is -3.41. The smallest absolute Gasteiger partial charge is 0.251 e. The van der Waals surface area contributed by atoms with Crippen molar-refractivity contribution >= 4 is 32.4 Å². The third-order valence-electron chi connectivity index (χ3n) is 4.25. The first-order valence-corrected chi connectivity index (χ1v) is 10.7. The van der Waals surface area contributed by atoms with E-state index in [1.165, 1.54) is 0 Å². The van der Waals surface area contributed by atoms with Gasteiger partial charge in [0.2, 0.25) is 10.0 Å². The molecule has 0 bridgehead atoms. The van der Waals surface area contributed by atoms with Crippen LogP contribution < -0.4 is 14.8 Å². The molecule has 0 aliphatic rings. The first-order chi connectivity index (χ1) is 13.3. The molecule has 0 atom stereocenters. The quantitative estimate of drug-likeness (QED) is 0.598. The highest BCUT2D eigenvalue weighted by atomic mass is 32.2. The number of benzene rings is 3. The fourth-order valence-corrected chi connectivity index (χ4v) is 3.50. The van der Waals surface area contributed by atoms with Gasteiger partial charge >= 0.3 is 0 Å². The van der Waals surface area contributed by atoms with E-state index in [1.54, 1.807) is 25.1 Å². The van der Waals surface area contributed by atoms with E-state index < -0.39 is 10.0 Å². The van der Waals surface area contributed by atoms with Crippen molar-refractivity contribution in [3.63, 3.8) is 0 Å². The predicted octanol–water partition coefficient (Wildman–Crippen LogP) is 3.33. The van der Waals surface area contributed by atoms with Crippen molar-refractivity contribution in [1.29, 1.82) is 0 Å². The number of hydrogen-bond donors (Lipinski definition) is 2. The van der Waals surface area contributed by atoms with Gasteiger partial charge in [0.05, 0.1) is 18.5 Å². The Hall–Kier alpha value is -3.06. The molecule has 146 valence electrons. The van der Waals surface area contributed by atoms with E-state index in [0.29, 0.717) is 30.0 Å². The van der Waals surface area contributed by atoms with Gasteiger partial charge in [-0.2, -0.15) is 0 Å². The highest BCUT2D eigenvalue weighted by Crippen LogP contribution is 2.21. The molecule has 0 fully saturated rings. The minimum Gasteiger partial charge on any atom is -0.492 e. The molecule has 7 heteroatoms. The number of amides is 1. The second kappa shape index (κ2) is 8.31. The van der Waals surface area contributed by atoms with Gasteiger partial charge in [0.1, 0.15) is 12.4 Å². The number of fused-ring (bicyclic) bond motifs is 1. The first-order valence-electron chi connectivity index (χ1n) is 8.81. The summed E-state index contributed by atoms with van der Waals surface area (Å²) < 4.78 is 31.0. The maximum absolute atomic E-state index is 12.4. The van der Waals surface area contributed by atoms with E-state index in [9.17, 15) is 13.2 Å².